The summed E-state index contributed by atoms with van der Waals surface area (Å²) >= 11 is 0. The van der Waals surface area contributed by atoms with Crippen molar-refractivity contribution in [3.05, 3.63) is 0 Å². The molecule has 0 aromatic rings. The summed E-state index contributed by atoms with van der Waals surface area (Å²) in [5, 5.41) is 20.9. The summed E-state index contributed by atoms with van der Waals surface area (Å²) in [4.78, 5) is 25.0. The summed E-state index contributed by atoms with van der Waals surface area (Å²) < 4.78 is 5.35. The highest BCUT2D eigenvalue weighted by molar-refractivity contribution is 5.83. The largest absolute Gasteiger partial charge is 0.480 e. The van der Waals surface area contributed by atoms with Crippen molar-refractivity contribution in [2.45, 2.75) is 45.9 Å². The van der Waals surface area contributed by atoms with Crippen molar-refractivity contribution in [2.24, 2.45) is 5.41 Å². The molecule has 0 aromatic heterocycles. The van der Waals surface area contributed by atoms with Crippen LogP contribution < -0.4 is 5.32 Å². The smallest absolute Gasteiger partial charge is 0.326 e. The Balaban J connectivity index is 2.75. The lowest BCUT2D eigenvalue weighted by Crippen LogP contribution is -2.59. The van der Waals surface area contributed by atoms with E-state index in [-0.39, 0.29) is 19.2 Å². The fourth-order valence-corrected chi connectivity index (χ4v) is 2.07. The first-order chi connectivity index (χ1) is 9.16. The number of carboxylic acids is 1. The number of rotatable bonds is 3. The van der Waals surface area contributed by atoms with Gasteiger partial charge in [-0.2, -0.15) is 0 Å². The molecule has 3 N–H and O–H groups in total. The Kier molecular flexibility index (Phi) is 5.35. The number of nitrogens with one attached hydrogen (secondary N) is 1. The van der Waals surface area contributed by atoms with Crippen molar-refractivity contribution < 1.29 is 24.5 Å². The lowest BCUT2D eigenvalue weighted by Gasteiger charge is -2.39. The molecule has 0 spiro atoms. The summed E-state index contributed by atoms with van der Waals surface area (Å²) in [5.74, 6) is -1.06. The highest BCUT2D eigenvalue weighted by Crippen LogP contribution is 2.20. The Bertz CT molecular complexity index is 366. The molecule has 0 aliphatic carbocycles. The van der Waals surface area contributed by atoms with E-state index < -0.39 is 29.6 Å². The number of aliphatic hydroxyl groups is 1. The quantitative estimate of drug-likeness (QED) is 0.692. The molecule has 1 fully saturated rings. The molecule has 1 rings (SSSR count). The summed E-state index contributed by atoms with van der Waals surface area (Å²) in [6.45, 7) is 7.49. The first-order valence-corrected chi connectivity index (χ1v) is 6.69. The van der Waals surface area contributed by atoms with E-state index in [1.54, 1.807) is 20.8 Å². The van der Waals surface area contributed by atoms with Gasteiger partial charge in [0.25, 0.3) is 0 Å². The highest BCUT2D eigenvalue weighted by Gasteiger charge is 2.36. The zero-order chi connectivity index (χ0) is 15.5. The Morgan fingerprint density at radius 1 is 1.45 bits per heavy atom. The maximum absolute atomic E-state index is 12.2. The number of morpholine rings is 1. The van der Waals surface area contributed by atoms with Crippen molar-refractivity contribution in [1.29, 1.82) is 0 Å². The van der Waals surface area contributed by atoms with Crippen LogP contribution in [-0.2, 0) is 9.53 Å². The van der Waals surface area contributed by atoms with E-state index >= 15 is 0 Å². The van der Waals surface area contributed by atoms with Gasteiger partial charge in [-0.05, 0) is 12.3 Å². The lowest BCUT2D eigenvalue weighted by molar-refractivity contribution is -0.142. The third-order valence-electron chi connectivity index (χ3n) is 3.35. The third kappa shape index (κ3) is 4.08. The van der Waals surface area contributed by atoms with E-state index in [1.807, 2.05) is 6.92 Å². The molecule has 3 atom stereocenters. The molecule has 2 amide bonds. The van der Waals surface area contributed by atoms with Gasteiger partial charge in [0.05, 0.1) is 31.9 Å². The summed E-state index contributed by atoms with van der Waals surface area (Å²) in [6.07, 6.45) is -0.421. The van der Waals surface area contributed by atoms with Gasteiger partial charge < -0.3 is 25.2 Å². The van der Waals surface area contributed by atoms with Crippen molar-refractivity contribution >= 4 is 12.0 Å². The second-order valence-corrected chi connectivity index (χ2v) is 6.23. The van der Waals surface area contributed by atoms with Crippen LogP contribution in [0.5, 0.6) is 0 Å². The van der Waals surface area contributed by atoms with E-state index in [9.17, 15) is 14.7 Å². The summed E-state index contributed by atoms with van der Waals surface area (Å²) in [6, 6.07) is -1.58. The number of hydrogen-bond donors (Lipinski definition) is 3. The minimum absolute atomic E-state index is 0.160. The number of nitrogens with zero attached hydrogens (tertiary/aromatic N) is 1. The van der Waals surface area contributed by atoms with Gasteiger partial charge in [-0.1, -0.05) is 20.8 Å². The van der Waals surface area contributed by atoms with Gasteiger partial charge in [0, 0.05) is 0 Å². The Morgan fingerprint density at radius 2 is 2.05 bits per heavy atom. The van der Waals surface area contributed by atoms with Crippen LogP contribution in [0.15, 0.2) is 0 Å². The maximum atomic E-state index is 12.2. The van der Waals surface area contributed by atoms with Crippen LogP contribution in [-0.4, -0.2) is 65.1 Å². The predicted octanol–water partition coefficient (Wildman–Crippen LogP) is 0.277. The summed E-state index contributed by atoms with van der Waals surface area (Å²) in [7, 11) is 0. The molecule has 1 aliphatic heterocycles. The highest BCUT2D eigenvalue weighted by atomic mass is 16.5. The van der Waals surface area contributed by atoms with Gasteiger partial charge in [-0.15, -0.1) is 0 Å². The summed E-state index contributed by atoms with van der Waals surface area (Å²) in [5.41, 5.74) is -0.590. The molecule has 0 radical (unpaired) electrons. The number of aliphatic carboxylic acids is 1. The third-order valence-corrected chi connectivity index (χ3v) is 3.35. The number of aliphatic hydroxyl groups excluding tert-OH is 1. The number of urea groups is 1. The zero-order valence-electron chi connectivity index (χ0n) is 12.4. The molecule has 1 heterocycles. The first-order valence-electron chi connectivity index (χ1n) is 6.69. The number of ether oxygens (including phenoxy) is 1. The molecular formula is C13H24N2O5. The molecule has 1 aliphatic rings. The average molecular weight is 288 g/mol. The van der Waals surface area contributed by atoms with Gasteiger partial charge in [0.1, 0.15) is 6.04 Å². The van der Waals surface area contributed by atoms with Crippen LogP contribution in [0.4, 0.5) is 4.79 Å². The van der Waals surface area contributed by atoms with Crippen molar-refractivity contribution in [3.63, 3.8) is 0 Å². The average Bonchev–Trinajstić information content (AvgIpc) is 2.34. The number of carbonyl (C=O) groups is 2. The van der Waals surface area contributed by atoms with Crippen LogP contribution in [0.25, 0.3) is 0 Å². The number of carbonyl (C=O) groups excluding carboxylic acids is 1. The molecule has 7 nitrogen and oxygen atoms in total. The van der Waals surface area contributed by atoms with E-state index in [4.69, 9.17) is 9.84 Å². The fourth-order valence-electron chi connectivity index (χ4n) is 2.07. The molecule has 1 saturated heterocycles. The van der Waals surface area contributed by atoms with Crippen molar-refractivity contribution in [2.75, 3.05) is 19.8 Å². The van der Waals surface area contributed by atoms with Crippen LogP contribution >= 0.6 is 0 Å². The van der Waals surface area contributed by atoms with Crippen LogP contribution in [0, 0.1) is 5.41 Å². The van der Waals surface area contributed by atoms with Gasteiger partial charge in [-0.25, -0.2) is 9.59 Å². The lowest BCUT2D eigenvalue weighted by atomic mass is 9.87. The van der Waals surface area contributed by atoms with E-state index in [0.717, 1.165) is 0 Å². The van der Waals surface area contributed by atoms with Crippen molar-refractivity contribution in [3.8, 4) is 0 Å². The molecule has 7 heteroatoms. The number of amides is 2. The second-order valence-electron chi connectivity index (χ2n) is 6.23. The van der Waals surface area contributed by atoms with E-state index in [1.165, 1.54) is 4.90 Å². The van der Waals surface area contributed by atoms with E-state index in [0.29, 0.717) is 6.61 Å². The second kappa shape index (κ2) is 6.41. The minimum Gasteiger partial charge on any atom is -0.480 e. The topological polar surface area (TPSA) is 99.1 Å². The Hall–Kier alpha value is -1.34. The number of hydrogen-bond acceptors (Lipinski definition) is 4. The van der Waals surface area contributed by atoms with Gasteiger partial charge in [-0.3, -0.25) is 0 Å². The normalized spacial score (nSPS) is 25.1. The minimum atomic E-state index is -1.06. The molecule has 0 bridgehead atoms. The first kappa shape index (κ1) is 16.7. The van der Waals surface area contributed by atoms with Crippen molar-refractivity contribution in [1.82, 2.24) is 10.2 Å². The maximum Gasteiger partial charge on any atom is 0.326 e. The molecule has 116 valence electrons. The van der Waals surface area contributed by atoms with Gasteiger partial charge in [0.2, 0.25) is 0 Å². The Labute approximate surface area is 118 Å². The monoisotopic (exact) mass is 288 g/mol. The van der Waals surface area contributed by atoms with Gasteiger partial charge >= 0.3 is 12.0 Å². The molecule has 0 aromatic carbocycles. The van der Waals surface area contributed by atoms with Gasteiger partial charge in [0.15, 0.2) is 0 Å². The molecule has 20 heavy (non-hydrogen) atoms. The van der Waals surface area contributed by atoms with E-state index in [2.05, 4.69) is 5.32 Å². The number of carboxylic acid groups (broad SMARTS) is 1. The van der Waals surface area contributed by atoms with Crippen LogP contribution in [0.2, 0.25) is 0 Å². The standard InChI is InChI=1S/C13H24N2O5/c1-8-7-20-9(6-16)5-15(8)12(19)14-10(11(17)18)13(2,3)4/h8-10,16H,5-7H2,1-4H3,(H,14,19)(H,17,18). The predicted molar refractivity (Wildman–Crippen MR) is 72.4 cm³/mol. The molecule has 3 unspecified atom stereocenters. The van der Waals surface area contributed by atoms with Crippen LogP contribution in [0.3, 0.4) is 0 Å². The molecule has 0 saturated carbocycles. The van der Waals surface area contributed by atoms with Crippen LogP contribution in [0.1, 0.15) is 27.7 Å². The SMILES string of the molecule is CC1COC(CO)CN1C(=O)NC(C(=O)O)C(C)(C)C. The zero-order valence-corrected chi connectivity index (χ0v) is 12.4. The Morgan fingerprint density at radius 3 is 2.50 bits per heavy atom. The molecular weight excluding hydrogens is 264 g/mol. The fraction of sp³-hybridized carbons (Fsp3) is 0.846.